The zero-order chi connectivity index (χ0) is 36.5. The van der Waals surface area contributed by atoms with Gasteiger partial charge in [-0.05, 0) is 68.1 Å². The Bertz CT molecular complexity index is 3330. The van der Waals surface area contributed by atoms with Crippen molar-refractivity contribution in [3.8, 4) is 22.3 Å². The predicted octanol–water partition coefficient (Wildman–Crippen LogP) is 12.1. The Morgan fingerprint density at radius 1 is 0.382 bits per heavy atom. The van der Waals surface area contributed by atoms with Gasteiger partial charge in [-0.2, -0.15) is 0 Å². The van der Waals surface area contributed by atoms with E-state index in [1.807, 2.05) is 60.7 Å². The second-order valence-corrected chi connectivity index (χ2v) is 17.1. The molecule has 0 aliphatic carbocycles. The van der Waals surface area contributed by atoms with Crippen LogP contribution in [0.15, 0.2) is 200 Å². The average molecular weight is 721 g/mol. The first-order valence-electron chi connectivity index (χ1n) is 18.6. The third-order valence-electron chi connectivity index (χ3n) is 11.2. The number of rotatable bonds is 5. The maximum atomic E-state index is 15.2. The monoisotopic (exact) mass is 720 g/mol. The van der Waals surface area contributed by atoms with Crippen molar-refractivity contribution in [2.45, 2.75) is 0 Å². The summed E-state index contributed by atoms with van der Waals surface area (Å²) in [5.41, 5.74) is 8.81. The molecule has 0 fully saturated rings. The van der Waals surface area contributed by atoms with E-state index in [1.54, 1.807) is 0 Å². The van der Waals surface area contributed by atoms with Gasteiger partial charge >= 0.3 is 0 Å². The van der Waals surface area contributed by atoms with Crippen molar-refractivity contribution in [1.29, 1.82) is 0 Å². The molecule has 2 aromatic heterocycles. The molecule has 0 bridgehead atoms. The average Bonchev–Trinajstić information content (AvgIpc) is 3.66. The van der Waals surface area contributed by atoms with E-state index in [9.17, 15) is 0 Å². The molecule has 0 aliphatic heterocycles. The highest BCUT2D eigenvalue weighted by molar-refractivity contribution is 7.85. The van der Waals surface area contributed by atoms with Gasteiger partial charge in [0.15, 0.2) is 7.14 Å². The zero-order valence-electron chi connectivity index (χ0n) is 29.8. The molecule has 11 rings (SSSR count). The van der Waals surface area contributed by atoms with Crippen LogP contribution in [0.4, 0.5) is 0 Å². The van der Waals surface area contributed by atoms with Gasteiger partial charge in [-0.1, -0.05) is 176 Å². The van der Waals surface area contributed by atoms with Crippen molar-refractivity contribution < 1.29 is 4.57 Å². The van der Waals surface area contributed by atoms with E-state index in [-0.39, 0.29) is 0 Å². The first-order valence-corrected chi connectivity index (χ1v) is 20.4. The summed E-state index contributed by atoms with van der Waals surface area (Å²) < 4.78 is 17.6. The molecule has 0 aliphatic rings. The van der Waals surface area contributed by atoms with Crippen LogP contribution in [0.5, 0.6) is 0 Å². The highest BCUT2D eigenvalue weighted by Gasteiger charge is 2.30. The number of para-hydroxylation sites is 2. The van der Waals surface area contributed by atoms with E-state index in [4.69, 9.17) is 4.98 Å². The number of hydrogen-bond acceptors (Lipinski definition) is 2. The molecular formula is C51H33N2OP. The number of benzene rings is 9. The SMILES string of the molecule is O=P(c1ccccc1)(c1ccc(-c2ccc(-c3ccc4c(ccc5c6ccccc6c6nc7ccccc7n6c45)c3)cc2)cc1)c1ccc2ccccc2c1. The fourth-order valence-electron chi connectivity index (χ4n) is 8.47. The van der Waals surface area contributed by atoms with Gasteiger partial charge < -0.3 is 4.57 Å². The standard InChI is InChI=1S/C51H33N2OP/c54-55(41-12-2-1-3-13-41,43-29-24-34-10-4-5-11-38(34)33-43)42-27-22-36(23-28-42)35-18-20-37(21-19-35)39-25-30-44-40(32-39)26-31-46-45-14-6-7-15-47(45)51-52-48-16-8-9-17-49(48)53(51)50(44)46/h1-33H. The summed E-state index contributed by atoms with van der Waals surface area (Å²) >= 11 is 0. The lowest BCUT2D eigenvalue weighted by atomic mass is 9.96. The van der Waals surface area contributed by atoms with E-state index in [0.29, 0.717) is 0 Å². The van der Waals surface area contributed by atoms with Gasteiger partial charge in [0.2, 0.25) is 0 Å². The van der Waals surface area contributed by atoms with Gasteiger partial charge in [0.25, 0.3) is 0 Å². The molecule has 2 heterocycles. The van der Waals surface area contributed by atoms with Crippen molar-refractivity contribution >= 4 is 83.0 Å². The van der Waals surface area contributed by atoms with E-state index in [2.05, 4.69) is 144 Å². The second kappa shape index (κ2) is 12.4. The summed E-state index contributed by atoms with van der Waals surface area (Å²) in [5.74, 6) is 0. The number of aromatic nitrogens is 2. The fourth-order valence-corrected chi connectivity index (χ4v) is 11.1. The van der Waals surface area contributed by atoms with Gasteiger partial charge in [-0.25, -0.2) is 4.98 Å². The van der Waals surface area contributed by atoms with Crippen LogP contribution in [0.3, 0.4) is 0 Å². The van der Waals surface area contributed by atoms with Crippen LogP contribution in [-0.2, 0) is 4.57 Å². The summed E-state index contributed by atoms with van der Waals surface area (Å²) in [4.78, 5) is 5.10. The highest BCUT2D eigenvalue weighted by Crippen LogP contribution is 2.43. The largest absolute Gasteiger partial charge is 0.309 e. The summed E-state index contributed by atoms with van der Waals surface area (Å²) in [7, 11) is -3.12. The molecular weight excluding hydrogens is 688 g/mol. The van der Waals surface area contributed by atoms with Gasteiger partial charge in [0, 0.05) is 32.1 Å². The number of pyridine rings is 1. The third-order valence-corrected chi connectivity index (χ3v) is 14.3. The van der Waals surface area contributed by atoms with Gasteiger partial charge in [0.1, 0.15) is 5.65 Å². The van der Waals surface area contributed by atoms with Crippen molar-refractivity contribution in [2.75, 3.05) is 0 Å². The van der Waals surface area contributed by atoms with Gasteiger partial charge in [-0.15, -0.1) is 0 Å². The molecule has 3 nitrogen and oxygen atoms in total. The zero-order valence-corrected chi connectivity index (χ0v) is 30.7. The fraction of sp³-hybridized carbons (Fsp3) is 0. The molecule has 4 heteroatoms. The first kappa shape index (κ1) is 31.7. The Balaban J connectivity index is 0.961. The van der Waals surface area contributed by atoms with E-state index < -0.39 is 7.14 Å². The van der Waals surface area contributed by atoms with Crippen molar-refractivity contribution in [3.63, 3.8) is 0 Å². The lowest BCUT2D eigenvalue weighted by Crippen LogP contribution is -2.25. The molecule has 11 aromatic rings. The lowest BCUT2D eigenvalue weighted by Gasteiger charge is -2.21. The van der Waals surface area contributed by atoms with E-state index in [0.717, 1.165) is 65.4 Å². The van der Waals surface area contributed by atoms with Crippen LogP contribution in [-0.4, -0.2) is 9.38 Å². The summed E-state index contributed by atoms with van der Waals surface area (Å²) in [6, 6.07) is 69.7. The Morgan fingerprint density at radius 3 is 1.75 bits per heavy atom. The first-order chi connectivity index (χ1) is 27.1. The molecule has 9 aromatic carbocycles. The predicted molar refractivity (Wildman–Crippen MR) is 233 cm³/mol. The maximum absolute atomic E-state index is 15.2. The van der Waals surface area contributed by atoms with Crippen LogP contribution in [0, 0.1) is 0 Å². The molecule has 0 amide bonds. The van der Waals surface area contributed by atoms with Crippen LogP contribution in [0.25, 0.3) is 82.2 Å². The molecule has 1 atom stereocenters. The third kappa shape index (κ3) is 4.98. The number of nitrogens with zero attached hydrogens (tertiary/aromatic N) is 2. The lowest BCUT2D eigenvalue weighted by molar-refractivity contribution is 0.592. The van der Waals surface area contributed by atoms with Gasteiger partial charge in [-0.3, -0.25) is 4.40 Å². The van der Waals surface area contributed by atoms with Crippen LogP contribution in [0.1, 0.15) is 0 Å². The Kier molecular flexibility index (Phi) is 7.14. The molecule has 258 valence electrons. The Hall–Kier alpha value is -6.80. The van der Waals surface area contributed by atoms with Crippen LogP contribution in [0.2, 0.25) is 0 Å². The Labute approximate surface area is 318 Å². The minimum Gasteiger partial charge on any atom is -0.309 e. The quantitative estimate of drug-likeness (QED) is 0.131. The normalized spacial score (nSPS) is 12.9. The maximum Gasteiger partial charge on any atom is 0.171 e. The number of imidazole rings is 1. The summed E-state index contributed by atoms with van der Waals surface area (Å²) in [6.45, 7) is 0. The second-order valence-electron chi connectivity index (χ2n) is 14.3. The molecule has 55 heavy (non-hydrogen) atoms. The Morgan fingerprint density at radius 2 is 0.945 bits per heavy atom. The molecule has 0 saturated heterocycles. The number of hydrogen-bond donors (Lipinski definition) is 0. The van der Waals surface area contributed by atoms with Gasteiger partial charge in [0.05, 0.1) is 16.6 Å². The smallest absolute Gasteiger partial charge is 0.171 e. The highest BCUT2D eigenvalue weighted by atomic mass is 31.2. The summed E-state index contributed by atoms with van der Waals surface area (Å²) in [5, 5.41) is 10.7. The minimum atomic E-state index is -3.12. The van der Waals surface area contributed by atoms with Crippen molar-refractivity contribution in [2.24, 2.45) is 0 Å². The van der Waals surface area contributed by atoms with E-state index in [1.165, 1.54) is 32.6 Å². The molecule has 0 spiro atoms. The molecule has 0 N–H and O–H groups in total. The van der Waals surface area contributed by atoms with E-state index >= 15 is 4.57 Å². The molecule has 0 radical (unpaired) electrons. The molecule has 0 saturated carbocycles. The minimum absolute atomic E-state index is 0.826. The van der Waals surface area contributed by atoms with Crippen molar-refractivity contribution in [3.05, 3.63) is 200 Å². The van der Waals surface area contributed by atoms with Crippen LogP contribution < -0.4 is 15.9 Å². The van der Waals surface area contributed by atoms with Crippen LogP contribution >= 0.6 is 7.14 Å². The summed E-state index contributed by atoms with van der Waals surface area (Å²) in [6.07, 6.45) is 0. The topological polar surface area (TPSA) is 34.4 Å². The number of fused-ring (bicyclic) bond motifs is 11. The molecule has 1 unspecified atom stereocenters. The van der Waals surface area contributed by atoms with Crippen molar-refractivity contribution in [1.82, 2.24) is 9.38 Å².